The predicted molar refractivity (Wildman–Crippen MR) is 81.4 cm³/mol. The molecular weight excluding hydrogens is 290 g/mol. The first-order valence-electron chi connectivity index (χ1n) is 6.14. The summed E-state index contributed by atoms with van der Waals surface area (Å²) in [4.78, 5) is 26.7. The van der Waals surface area contributed by atoms with Crippen LogP contribution in [0.3, 0.4) is 0 Å². The highest BCUT2D eigenvalue weighted by Crippen LogP contribution is 2.21. The lowest BCUT2D eigenvalue weighted by molar-refractivity contribution is -0.384. The Labute approximate surface area is 125 Å². The van der Waals surface area contributed by atoms with Crippen molar-refractivity contribution in [1.29, 1.82) is 0 Å². The highest BCUT2D eigenvalue weighted by Gasteiger charge is 2.07. The smallest absolute Gasteiger partial charge is 0.269 e. The molecule has 0 atom stereocenters. The number of benzene rings is 1. The van der Waals surface area contributed by atoms with Gasteiger partial charge in [-0.15, -0.1) is 11.8 Å². The molecular formula is C14H13N3O3S. The summed E-state index contributed by atoms with van der Waals surface area (Å²) < 4.78 is 0. The normalized spacial score (nSPS) is 10.1. The van der Waals surface area contributed by atoms with Crippen molar-refractivity contribution < 1.29 is 9.72 Å². The number of carbonyl (C=O) groups excluding carboxylic acids is 1. The molecule has 2 rings (SSSR count). The van der Waals surface area contributed by atoms with Crippen LogP contribution in [-0.4, -0.2) is 21.6 Å². The van der Waals surface area contributed by atoms with Gasteiger partial charge in [0.25, 0.3) is 5.69 Å². The van der Waals surface area contributed by atoms with Gasteiger partial charge in [-0.3, -0.25) is 14.9 Å². The number of hydrogen-bond acceptors (Lipinski definition) is 5. The molecule has 7 heteroatoms. The van der Waals surface area contributed by atoms with Crippen molar-refractivity contribution in [3.05, 3.63) is 58.3 Å². The number of nitro groups is 1. The summed E-state index contributed by atoms with van der Waals surface area (Å²) in [5.74, 6) is 0.564. The number of aryl methyl sites for hydroxylation is 1. The zero-order valence-electron chi connectivity index (χ0n) is 11.3. The molecule has 1 amide bonds. The molecule has 1 aromatic carbocycles. The number of amides is 1. The molecule has 2 aromatic rings. The van der Waals surface area contributed by atoms with Gasteiger partial charge in [-0.05, 0) is 36.8 Å². The van der Waals surface area contributed by atoms with Crippen molar-refractivity contribution in [2.24, 2.45) is 0 Å². The molecule has 0 spiro atoms. The van der Waals surface area contributed by atoms with E-state index in [-0.39, 0.29) is 17.3 Å². The van der Waals surface area contributed by atoms with Crippen LogP contribution in [0.1, 0.15) is 5.56 Å². The maximum absolute atomic E-state index is 11.8. The van der Waals surface area contributed by atoms with Gasteiger partial charge in [0.2, 0.25) is 5.91 Å². The summed E-state index contributed by atoms with van der Waals surface area (Å²) in [7, 11) is 0. The average Bonchev–Trinajstić information content (AvgIpc) is 2.45. The molecule has 1 heterocycles. The largest absolute Gasteiger partial charge is 0.310 e. The lowest BCUT2D eigenvalue weighted by Gasteiger charge is -2.05. The van der Waals surface area contributed by atoms with Crippen molar-refractivity contribution in [2.75, 3.05) is 11.1 Å². The number of pyridine rings is 1. The Balaban J connectivity index is 1.87. The Hall–Kier alpha value is -2.41. The van der Waals surface area contributed by atoms with Gasteiger partial charge in [0.15, 0.2) is 0 Å². The third-order valence-corrected chi connectivity index (χ3v) is 3.61. The first-order valence-corrected chi connectivity index (χ1v) is 7.13. The molecule has 0 bridgehead atoms. The number of hydrogen-bond donors (Lipinski definition) is 1. The summed E-state index contributed by atoms with van der Waals surface area (Å²) in [6.45, 7) is 1.92. The summed E-state index contributed by atoms with van der Waals surface area (Å²) in [6, 6.07) is 9.72. The molecule has 0 radical (unpaired) electrons. The van der Waals surface area contributed by atoms with Gasteiger partial charge < -0.3 is 5.32 Å². The second kappa shape index (κ2) is 6.85. The van der Waals surface area contributed by atoms with Gasteiger partial charge in [0.05, 0.1) is 10.7 Å². The SMILES string of the molecule is Cc1ccnc(NC(=O)CSc2ccc([N+](=O)[O-])cc2)c1. The van der Waals surface area contributed by atoms with Crippen LogP contribution in [-0.2, 0) is 4.79 Å². The van der Waals surface area contributed by atoms with Crippen molar-refractivity contribution >= 4 is 29.2 Å². The van der Waals surface area contributed by atoms with E-state index in [9.17, 15) is 14.9 Å². The van der Waals surface area contributed by atoms with Gasteiger partial charge in [-0.25, -0.2) is 4.98 Å². The molecule has 0 unspecified atom stereocenters. The molecule has 0 saturated carbocycles. The van der Waals surface area contributed by atoms with E-state index in [1.807, 2.05) is 13.0 Å². The van der Waals surface area contributed by atoms with Crippen LogP contribution in [0.15, 0.2) is 47.5 Å². The number of aromatic nitrogens is 1. The minimum absolute atomic E-state index is 0.0350. The van der Waals surface area contributed by atoms with Gasteiger partial charge in [0.1, 0.15) is 5.82 Å². The summed E-state index contributed by atoms with van der Waals surface area (Å²) >= 11 is 1.31. The third-order valence-electron chi connectivity index (χ3n) is 2.60. The van der Waals surface area contributed by atoms with Crippen LogP contribution in [0.4, 0.5) is 11.5 Å². The summed E-state index contributed by atoms with van der Waals surface area (Å²) in [5, 5.41) is 13.2. The highest BCUT2D eigenvalue weighted by atomic mass is 32.2. The van der Waals surface area contributed by atoms with Crippen LogP contribution in [0.5, 0.6) is 0 Å². The molecule has 0 saturated heterocycles. The van der Waals surface area contributed by atoms with Gasteiger partial charge in [0, 0.05) is 23.2 Å². The summed E-state index contributed by atoms with van der Waals surface area (Å²) in [5.41, 5.74) is 1.05. The van der Waals surface area contributed by atoms with E-state index in [0.717, 1.165) is 10.5 Å². The second-order valence-electron chi connectivity index (χ2n) is 4.31. The zero-order chi connectivity index (χ0) is 15.2. The van der Waals surface area contributed by atoms with Crippen molar-refractivity contribution in [3.63, 3.8) is 0 Å². The molecule has 1 aromatic heterocycles. The lowest BCUT2D eigenvalue weighted by atomic mass is 10.3. The van der Waals surface area contributed by atoms with Crippen LogP contribution < -0.4 is 5.32 Å². The van der Waals surface area contributed by atoms with E-state index in [0.29, 0.717) is 5.82 Å². The molecule has 0 aliphatic carbocycles. The number of carbonyl (C=O) groups is 1. The minimum Gasteiger partial charge on any atom is -0.310 e. The Bertz CT molecular complexity index is 659. The molecule has 6 nitrogen and oxygen atoms in total. The van der Waals surface area contributed by atoms with E-state index in [2.05, 4.69) is 10.3 Å². The average molecular weight is 303 g/mol. The number of anilines is 1. The fourth-order valence-electron chi connectivity index (χ4n) is 1.60. The van der Waals surface area contributed by atoms with E-state index in [4.69, 9.17) is 0 Å². The van der Waals surface area contributed by atoms with Crippen molar-refractivity contribution in [2.45, 2.75) is 11.8 Å². The maximum Gasteiger partial charge on any atom is 0.269 e. The number of nitro benzene ring substituents is 1. The number of non-ortho nitro benzene ring substituents is 1. The lowest BCUT2D eigenvalue weighted by Crippen LogP contribution is -2.14. The molecule has 0 fully saturated rings. The number of nitrogens with zero attached hydrogens (tertiary/aromatic N) is 2. The Morgan fingerprint density at radius 3 is 2.67 bits per heavy atom. The minimum atomic E-state index is -0.454. The standard InChI is InChI=1S/C14H13N3O3S/c1-10-6-7-15-13(8-10)16-14(18)9-21-12-4-2-11(3-5-12)17(19)20/h2-8H,9H2,1H3,(H,15,16,18). The predicted octanol–water partition coefficient (Wildman–Crippen LogP) is 3.03. The molecule has 0 aliphatic heterocycles. The van der Waals surface area contributed by atoms with E-state index in [1.165, 1.54) is 23.9 Å². The molecule has 0 aliphatic rings. The Morgan fingerprint density at radius 1 is 1.33 bits per heavy atom. The molecule has 1 N–H and O–H groups in total. The Kier molecular flexibility index (Phi) is 4.89. The van der Waals surface area contributed by atoms with Gasteiger partial charge in [-0.1, -0.05) is 0 Å². The first kappa shape index (κ1) is 15.0. The monoisotopic (exact) mass is 303 g/mol. The number of rotatable bonds is 5. The van der Waals surface area contributed by atoms with E-state index >= 15 is 0 Å². The topological polar surface area (TPSA) is 85.1 Å². The van der Waals surface area contributed by atoms with Crippen LogP contribution >= 0.6 is 11.8 Å². The first-order chi connectivity index (χ1) is 10.0. The quantitative estimate of drug-likeness (QED) is 0.521. The van der Waals surface area contributed by atoms with Crippen LogP contribution in [0.25, 0.3) is 0 Å². The van der Waals surface area contributed by atoms with Crippen LogP contribution in [0, 0.1) is 17.0 Å². The van der Waals surface area contributed by atoms with Gasteiger partial charge in [-0.2, -0.15) is 0 Å². The number of nitrogens with one attached hydrogen (secondary N) is 1. The maximum atomic E-state index is 11.8. The fourth-order valence-corrected chi connectivity index (χ4v) is 2.29. The van der Waals surface area contributed by atoms with Gasteiger partial charge >= 0.3 is 0 Å². The third kappa shape index (κ3) is 4.57. The van der Waals surface area contributed by atoms with Crippen molar-refractivity contribution in [1.82, 2.24) is 4.98 Å². The molecule has 108 valence electrons. The second-order valence-corrected chi connectivity index (χ2v) is 5.36. The van der Waals surface area contributed by atoms with Crippen molar-refractivity contribution in [3.8, 4) is 0 Å². The summed E-state index contributed by atoms with van der Waals surface area (Å²) in [6.07, 6.45) is 1.63. The van der Waals surface area contributed by atoms with E-state index in [1.54, 1.807) is 24.4 Å². The van der Waals surface area contributed by atoms with Crippen LogP contribution in [0.2, 0.25) is 0 Å². The zero-order valence-corrected chi connectivity index (χ0v) is 12.1. The Morgan fingerprint density at radius 2 is 2.05 bits per heavy atom. The fraction of sp³-hybridized carbons (Fsp3) is 0.143. The van der Waals surface area contributed by atoms with E-state index < -0.39 is 4.92 Å². The molecule has 21 heavy (non-hydrogen) atoms. The number of thioether (sulfide) groups is 1. The highest BCUT2D eigenvalue weighted by molar-refractivity contribution is 8.00.